The van der Waals surface area contributed by atoms with E-state index in [1.807, 2.05) is 0 Å². The lowest BCUT2D eigenvalue weighted by atomic mass is 10.1. The fraction of sp³-hybridized carbons (Fsp3) is 0.0714. The average Bonchev–Trinajstić information content (AvgIpc) is 2.97. The van der Waals surface area contributed by atoms with E-state index < -0.39 is 11.2 Å². The second-order valence-electron chi connectivity index (χ2n) is 4.19. The number of hydrogen-bond donors (Lipinski definition) is 0. The summed E-state index contributed by atoms with van der Waals surface area (Å²) in [6, 6.07) is 8.16. The molecular formula is C14H10FN3OS2. The predicted octanol–water partition coefficient (Wildman–Crippen LogP) is 3.14. The summed E-state index contributed by atoms with van der Waals surface area (Å²) in [6.07, 6.45) is 3.06. The van der Waals surface area contributed by atoms with Crippen LogP contribution in [0.2, 0.25) is 0 Å². The summed E-state index contributed by atoms with van der Waals surface area (Å²) >= 11 is 0.0912. The predicted molar refractivity (Wildman–Crippen MR) is 80.9 cm³/mol. The molecule has 4 nitrogen and oxygen atoms in total. The Balaban J connectivity index is 2.12. The Morgan fingerprint density at radius 3 is 2.76 bits per heavy atom. The number of benzene rings is 1. The van der Waals surface area contributed by atoms with Crippen LogP contribution in [0.5, 0.6) is 0 Å². The first-order valence-electron chi connectivity index (χ1n) is 6.02. The Labute approximate surface area is 127 Å². The van der Waals surface area contributed by atoms with E-state index in [2.05, 4.69) is 15.0 Å². The maximum atomic E-state index is 13.9. The molecule has 3 aromatic rings. The molecule has 0 aliphatic carbocycles. The summed E-state index contributed by atoms with van der Waals surface area (Å²) < 4.78 is 25.4. The lowest BCUT2D eigenvalue weighted by molar-refractivity contribution is 0.592. The highest BCUT2D eigenvalue weighted by Crippen LogP contribution is 2.34. The van der Waals surface area contributed by atoms with Crippen molar-refractivity contribution in [2.45, 2.75) is 5.16 Å². The maximum absolute atomic E-state index is 13.9. The molecule has 1 unspecified atom stereocenters. The van der Waals surface area contributed by atoms with E-state index in [9.17, 15) is 8.94 Å². The first kappa shape index (κ1) is 14.1. The summed E-state index contributed by atoms with van der Waals surface area (Å²) in [4.78, 5) is 13.2. The van der Waals surface area contributed by atoms with Crippen LogP contribution in [0.1, 0.15) is 0 Å². The van der Waals surface area contributed by atoms with E-state index in [1.165, 1.54) is 23.7 Å². The topological polar surface area (TPSA) is 61.7 Å². The van der Waals surface area contributed by atoms with Crippen molar-refractivity contribution in [2.24, 2.45) is 0 Å². The largest absolute Gasteiger partial charge is 0.609 e. The Morgan fingerprint density at radius 1 is 1.19 bits per heavy atom. The molecule has 3 rings (SSSR count). The zero-order valence-electron chi connectivity index (χ0n) is 11.0. The molecule has 0 saturated carbocycles. The molecule has 106 valence electrons. The summed E-state index contributed by atoms with van der Waals surface area (Å²) in [5.41, 5.74) is 3.19. The van der Waals surface area contributed by atoms with E-state index >= 15 is 0 Å². The number of aromatic nitrogens is 3. The molecule has 1 aromatic carbocycles. The van der Waals surface area contributed by atoms with Gasteiger partial charge in [0.25, 0.3) is 0 Å². The third-order valence-corrected chi connectivity index (χ3v) is 4.38. The van der Waals surface area contributed by atoms with Crippen LogP contribution in [-0.4, -0.2) is 25.8 Å². The van der Waals surface area contributed by atoms with Gasteiger partial charge < -0.3 is 4.55 Å². The minimum atomic E-state index is -1.27. The first-order chi connectivity index (χ1) is 10.2. The van der Waals surface area contributed by atoms with Gasteiger partial charge in [-0.15, -0.1) is 11.3 Å². The van der Waals surface area contributed by atoms with Crippen molar-refractivity contribution in [3.05, 3.63) is 47.9 Å². The SMILES string of the molecule is C[S+]([O-])c1nccc(-c2scnc2-c2ccccc2F)n1. The van der Waals surface area contributed by atoms with Crippen LogP contribution in [0.15, 0.2) is 47.2 Å². The molecule has 0 aliphatic rings. The molecule has 2 heterocycles. The quantitative estimate of drug-likeness (QED) is 0.549. The van der Waals surface area contributed by atoms with Gasteiger partial charge in [0.05, 0.1) is 21.8 Å². The fourth-order valence-electron chi connectivity index (χ4n) is 1.88. The summed E-state index contributed by atoms with van der Waals surface area (Å²) in [5, 5.41) is 0.250. The molecule has 0 N–H and O–H groups in total. The molecule has 0 bridgehead atoms. The van der Waals surface area contributed by atoms with E-state index in [0.717, 1.165) is 4.88 Å². The molecule has 0 saturated heterocycles. The Bertz CT molecular complexity index is 776. The average molecular weight is 319 g/mol. The van der Waals surface area contributed by atoms with Crippen molar-refractivity contribution < 1.29 is 8.94 Å². The summed E-state index contributed by atoms with van der Waals surface area (Å²) in [5.74, 6) is -0.335. The van der Waals surface area contributed by atoms with Crippen molar-refractivity contribution in [1.82, 2.24) is 15.0 Å². The Morgan fingerprint density at radius 2 is 2.00 bits per heavy atom. The zero-order chi connectivity index (χ0) is 14.8. The molecule has 0 radical (unpaired) electrons. The summed E-state index contributed by atoms with van der Waals surface area (Å²) in [6.45, 7) is 0. The molecule has 2 aromatic heterocycles. The molecule has 21 heavy (non-hydrogen) atoms. The molecule has 1 atom stereocenters. The monoisotopic (exact) mass is 319 g/mol. The van der Waals surface area contributed by atoms with E-state index in [-0.39, 0.29) is 11.0 Å². The van der Waals surface area contributed by atoms with Crippen molar-refractivity contribution >= 4 is 22.5 Å². The standard InChI is InChI=1S/C14H10FN3OS2/c1-21(19)14-16-7-6-11(18-14)13-12(17-8-20-13)9-4-2-3-5-10(9)15/h2-8H,1H3. The Kier molecular flexibility index (Phi) is 3.96. The van der Waals surface area contributed by atoms with Crippen molar-refractivity contribution in [1.29, 1.82) is 0 Å². The molecule has 7 heteroatoms. The zero-order valence-corrected chi connectivity index (χ0v) is 12.6. The van der Waals surface area contributed by atoms with Gasteiger partial charge in [-0.05, 0) is 18.2 Å². The van der Waals surface area contributed by atoms with Crippen LogP contribution in [0, 0.1) is 5.82 Å². The smallest absolute Gasteiger partial charge is 0.342 e. The Hall–Kier alpha value is -1.83. The van der Waals surface area contributed by atoms with Crippen LogP contribution >= 0.6 is 11.3 Å². The minimum absolute atomic E-state index is 0.250. The highest BCUT2D eigenvalue weighted by Gasteiger charge is 2.17. The van der Waals surface area contributed by atoms with Gasteiger partial charge in [0.15, 0.2) is 0 Å². The van der Waals surface area contributed by atoms with Crippen LogP contribution in [0.4, 0.5) is 4.39 Å². The van der Waals surface area contributed by atoms with Crippen LogP contribution < -0.4 is 0 Å². The van der Waals surface area contributed by atoms with Crippen LogP contribution in [-0.2, 0) is 11.2 Å². The molecule has 0 spiro atoms. The molecular weight excluding hydrogens is 309 g/mol. The van der Waals surface area contributed by atoms with Crippen molar-refractivity contribution in [2.75, 3.05) is 6.26 Å². The van der Waals surface area contributed by atoms with Gasteiger partial charge in [0.2, 0.25) is 0 Å². The highest BCUT2D eigenvalue weighted by atomic mass is 32.2. The fourth-order valence-corrected chi connectivity index (χ4v) is 3.09. The third kappa shape index (κ3) is 2.80. The number of rotatable bonds is 3. The van der Waals surface area contributed by atoms with Crippen LogP contribution in [0.3, 0.4) is 0 Å². The van der Waals surface area contributed by atoms with E-state index in [4.69, 9.17) is 0 Å². The van der Waals surface area contributed by atoms with Gasteiger partial charge in [-0.25, -0.2) is 9.37 Å². The van der Waals surface area contributed by atoms with Crippen molar-refractivity contribution in [3.8, 4) is 21.8 Å². The van der Waals surface area contributed by atoms with Crippen LogP contribution in [0.25, 0.3) is 21.8 Å². The second kappa shape index (κ2) is 5.88. The number of hydrogen-bond acceptors (Lipinski definition) is 5. The minimum Gasteiger partial charge on any atom is -0.609 e. The highest BCUT2D eigenvalue weighted by molar-refractivity contribution is 7.90. The number of thiazole rings is 1. The second-order valence-corrected chi connectivity index (χ2v) is 6.32. The number of nitrogens with zero attached hydrogens (tertiary/aromatic N) is 3. The summed E-state index contributed by atoms with van der Waals surface area (Å²) in [7, 11) is 0. The maximum Gasteiger partial charge on any atom is 0.342 e. The molecule has 0 amide bonds. The first-order valence-corrected chi connectivity index (χ1v) is 8.46. The van der Waals surface area contributed by atoms with Gasteiger partial charge in [-0.2, -0.15) is 9.97 Å². The van der Waals surface area contributed by atoms with Gasteiger partial charge in [-0.3, -0.25) is 0 Å². The van der Waals surface area contributed by atoms with Gasteiger partial charge >= 0.3 is 5.16 Å². The number of halogens is 1. The van der Waals surface area contributed by atoms with E-state index in [1.54, 1.807) is 36.0 Å². The van der Waals surface area contributed by atoms with E-state index in [0.29, 0.717) is 17.0 Å². The van der Waals surface area contributed by atoms with Crippen molar-refractivity contribution in [3.63, 3.8) is 0 Å². The lowest BCUT2D eigenvalue weighted by Crippen LogP contribution is -2.04. The van der Waals surface area contributed by atoms with Gasteiger partial charge in [-0.1, -0.05) is 12.1 Å². The third-order valence-electron chi connectivity index (χ3n) is 2.82. The lowest BCUT2D eigenvalue weighted by Gasteiger charge is -2.05. The molecule has 0 aliphatic heterocycles. The van der Waals surface area contributed by atoms with Gasteiger partial charge in [0.1, 0.15) is 12.1 Å². The normalized spacial score (nSPS) is 12.3. The molecule has 0 fully saturated rings. The van der Waals surface area contributed by atoms with Gasteiger partial charge in [0, 0.05) is 22.9 Å².